The van der Waals surface area contributed by atoms with Gasteiger partial charge in [-0.2, -0.15) is 0 Å². The second-order valence-corrected chi connectivity index (χ2v) is 14.0. The molecule has 2 rings (SSSR count). The standard InChI is InChI=1S/C21H31FN3OSi/c1-21(2,3)27(4,5)26-15-14-24-25-20(16-17-10-12-23-13-11-17)18-6-8-19(22)9-7-18/h6-13,24,27H,14-16H2,1-5H3/q-1/b25-20-. The summed E-state index contributed by atoms with van der Waals surface area (Å²) >= 11 is 0. The van der Waals surface area contributed by atoms with Crippen LogP contribution in [0.4, 0.5) is 4.39 Å². The molecule has 2 aromatic rings. The van der Waals surface area contributed by atoms with E-state index in [1.165, 1.54) is 12.1 Å². The van der Waals surface area contributed by atoms with Crippen LogP contribution in [0.15, 0.2) is 53.9 Å². The molecule has 0 atom stereocenters. The quantitative estimate of drug-likeness (QED) is 0.313. The fraction of sp³-hybridized carbons (Fsp3) is 0.429. The van der Waals surface area contributed by atoms with Crippen molar-refractivity contribution in [3.8, 4) is 0 Å². The number of nitrogens with one attached hydrogen (secondary N) is 1. The molecule has 0 saturated heterocycles. The summed E-state index contributed by atoms with van der Waals surface area (Å²) in [6.07, 6.45) is 4.17. The number of nitrogens with zero attached hydrogens (tertiary/aromatic N) is 2. The fourth-order valence-electron chi connectivity index (χ4n) is 2.34. The number of aromatic nitrogens is 1. The van der Waals surface area contributed by atoms with Crippen molar-refractivity contribution in [2.45, 2.75) is 45.3 Å². The van der Waals surface area contributed by atoms with Gasteiger partial charge in [0.15, 0.2) is 0 Å². The van der Waals surface area contributed by atoms with Crippen LogP contribution in [0.25, 0.3) is 0 Å². The number of benzene rings is 1. The zero-order chi connectivity index (χ0) is 19.9. The Morgan fingerprint density at radius 2 is 1.74 bits per heavy atom. The zero-order valence-electron chi connectivity index (χ0n) is 17.0. The van der Waals surface area contributed by atoms with Gasteiger partial charge in [0.05, 0.1) is 0 Å². The van der Waals surface area contributed by atoms with Gasteiger partial charge in [0.2, 0.25) is 0 Å². The van der Waals surface area contributed by atoms with E-state index in [1.807, 2.05) is 12.1 Å². The summed E-state index contributed by atoms with van der Waals surface area (Å²) in [6.45, 7) is 12.5. The molecule has 4 nitrogen and oxygen atoms in total. The van der Waals surface area contributed by atoms with E-state index in [2.05, 4.69) is 49.4 Å². The van der Waals surface area contributed by atoms with Crippen molar-refractivity contribution in [3.63, 3.8) is 0 Å². The number of hydrazone groups is 1. The minimum absolute atomic E-state index is 0.219. The predicted octanol–water partition coefficient (Wildman–Crippen LogP) is 4.51. The first kappa shape index (κ1) is 21.2. The molecule has 0 aliphatic rings. The zero-order valence-corrected chi connectivity index (χ0v) is 18.2. The van der Waals surface area contributed by atoms with Crippen molar-refractivity contribution in [2.75, 3.05) is 13.2 Å². The van der Waals surface area contributed by atoms with Crippen LogP contribution in [0, 0.1) is 5.82 Å². The van der Waals surface area contributed by atoms with E-state index in [-0.39, 0.29) is 10.9 Å². The second-order valence-electron chi connectivity index (χ2n) is 8.49. The van der Waals surface area contributed by atoms with Gasteiger partial charge in [-0.1, -0.05) is 0 Å². The number of halogens is 1. The van der Waals surface area contributed by atoms with E-state index >= 15 is 0 Å². The minimum atomic E-state index is -2.06. The molecule has 0 amide bonds. The Morgan fingerprint density at radius 1 is 1.11 bits per heavy atom. The molecule has 0 aliphatic heterocycles. The predicted molar refractivity (Wildman–Crippen MR) is 113 cm³/mol. The maximum atomic E-state index is 13.3. The van der Waals surface area contributed by atoms with Crippen LogP contribution in [0.3, 0.4) is 0 Å². The number of rotatable bonds is 8. The summed E-state index contributed by atoms with van der Waals surface area (Å²) in [6, 6.07) is 10.3. The van der Waals surface area contributed by atoms with Crippen molar-refractivity contribution in [1.82, 2.24) is 10.4 Å². The third-order valence-corrected chi connectivity index (χ3v) is 10.6. The Labute approximate surface area is 163 Å². The van der Waals surface area contributed by atoms with Crippen molar-refractivity contribution in [3.05, 3.63) is 65.7 Å². The SMILES string of the molecule is CC(C)(C)[SiH-](C)(C)OCCN/N=C(/Cc1ccncc1)c1ccc(F)cc1. The van der Waals surface area contributed by atoms with Crippen molar-refractivity contribution in [2.24, 2.45) is 5.10 Å². The van der Waals surface area contributed by atoms with Gasteiger partial charge in [0.1, 0.15) is 0 Å². The second kappa shape index (κ2) is 9.24. The Morgan fingerprint density at radius 3 is 2.33 bits per heavy atom. The Balaban J connectivity index is 2.02. The molecule has 0 radical (unpaired) electrons. The van der Waals surface area contributed by atoms with Gasteiger partial charge in [0.25, 0.3) is 0 Å². The Kier molecular flexibility index (Phi) is 7.27. The van der Waals surface area contributed by atoms with Gasteiger partial charge in [-0.15, -0.1) is 0 Å². The summed E-state index contributed by atoms with van der Waals surface area (Å²) in [7, 11) is -2.06. The molecule has 1 aromatic carbocycles. The van der Waals surface area contributed by atoms with Crippen LogP contribution in [0.5, 0.6) is 0 Å². The van der Waals surface area contributed by atoms with Crippen LogP contribution in [-0.2, 0) is 10.8 Å². The maximum absolute atomic E-state index is 13.3. The molecule has 148 valence electrons. The summed E-state index contributed by atoms with van der Waals surface area (Å²) in [5.41, 5.74) is 5.98. The summed E-state index contributed by atoms with van der Waals surface area (Å²) in [5.74, 6) is -0.251. The molecule has 0 bridgehead atoms. The van der Waals surface area contributed by atoms with Gasteiger partial charge in [-0.05, 0) is 0 Å². The first-order valence-electron chi connectivity index (χ1n) is 9.50. The van der Waals surface area contributed by atoms with Crippen molar-refractivity contribution < 1.29 is 8.82 Å². The van der Waals surface area contributed by atoms with E-state index in [9.17, 15) is 4.39 Å². The first-order valence-corrected chi connectivity index (χ1v) is 12.9. The van der Waals surface area contributed by atoms with E-state index in [0.717, 1.165) is 16.8 Å². The first-order chi connectivity index (χ1) is 12.7. The van der Waals surface area contributed by atoms with Crippen LogP contribution < -0.4 is 5.43 Å². The Hall–Kier alpha value is -2.05. The molecule has 0 aliphatic carbocycles. The normalized spacial score (nSPS) is 13.5. The molecule has 1 heterocycles. The Bertz CT molecular complexity index is 740. The molecule has 1 aromatic heterocycles. The molecule has 0 saturated carbocycles. The van der Waals surface area contributed by atoms with Crippen LogP contribution >= 0.6 is 0 Å². The fourth-order valence-corrected chi connectivity index (χ4v) is 3.55. The van der Waals surface area contributed by atoms with Gasteiger partial charge >= 0.3 is 163 Å². The van der Waals surface area contributed by atoms with Crippen molar-refractivity contribution in [1.29, 1.82) is 0 Å². The third kappa shape index (κ3) is 6.56. The number of hydrogen-bond acceptors (Lipinski definition) is 4. The number of pyridine rings is 1. The number of hydrogen-bond donors (Lipinski definition) is 1. The molecule has 0 fully saturated rings. The molecular formula is C21H31FN3OSi-. The van der Waals surface area contributed by atoms with Crippen LogP contribution in [-0.4, -0.2) is 32.2 Å². The van der Waals surface area contributed by atoms with Gasteiger partial charge in [-0.3, -0.25) is 0 Å². The topological polar surface area (TPSA) is 46.5 Å². The van der Waals surface area contributed by atoms with Crippen LogP contribution in [0.1, 0.15) is 31.9 Å². The summed E-state index contributed by atoms with van der Waals surface area (Å²) < 4.78 is 19.5. The average Bonchev–Trinajstić information content (AvgIpc) is 2.61. The van der Waals surface area contributed by atoms with Crippen molar-refractivity contribution >= 4 is 14.0 Å². The summed E-state index contributed by atoms with van der Waals surface area (Å²) in [5, 5.41) is 4.78. The van der Waals surface area contributed by atoms with E-state index < -0.39 is 8.32 Å². The molecule has 0 unspecified atom stereocenters. The monoisotopic (exact) mass is 388 g/mol. The van der Waals surface area contributed by atoms with Gasteiger partial charge in [-0.25, -0.2) is 0 Å². The van der Waals surface area contributed by atoms with E-state index in [4.69, 9.17) is 4.43 Å². The molecular weight excluding hydrogens is 357 g/mol. The molecule has 1 N–H and O–H groups in total. The van der Waals surface area contributed by atoms with Crippen LogP contribution in [0.2, 0.25) is 18.1 Å². The molecule has 0 spiro atoms. The van der Waals surface area contributed by atoms with E-state index in [1.54, 1.807) is 24.5 Å². The van der Waals surface area contributed by atoms with Gasteiger partial charge < -0.3 is 0 Å². The third-order valence-electron chi connectivity index (χ3n) is 5.35. The average molecular weight is 389 g/mol. The summed E-state index contributed by atoms with van der Waals surface area (Å²) in [4.78, 5) is 4.05. The molecule has 6 heteroatoms. The van der Waals surface area contributed by atoms with Gasteiger partial charge in [0, 0.05) is 0 Å². The van der Waals surface area contributed by atoms with E-state index in [0.29, 0.717) is 19.6 Å². The molecule has 27 heavy (non-hydrogen) atoms.